The first-order chi connectivity index (χ1) is 25.3. The van der Waals surface area contributed by atoms with Crippen LogP contribution < -0.4 is 0 Å². The van der Waals surface area contributed by atoms with E-state index in [0.717, 1.165) is 44.3 Å². The van der Waals surface area contributed by atoms with Gasteiger partial charge in [-0.3, -0.25) is 0 Å². The summed E-state index contributed by atoms with van der Waals surface area (Å²) < 4.78 is 11.3. The van der Waals surface area contributed by atoms with Crippen LogP contribution in [0.25, 0.3) is 99.2 Å². The summed E-state index contributed by atoms with van der Waals surface area (Å²) in [5, 5.41) is 7.14. The Morgan fingerprint density at radius 2 is 0.784 bits per heavy atom. The smallest absolute Gasteiger partial charge is 0.137 e. The van der Waals surface area contributed by atoms with Crippen molar-refractivity contribution in [3.63, 3.8) is 0 Å². The molecule has 0 aliphatic carbocycles. The highest BCUT2D eigenvalue weighted by Gasteiger charge is 2.19. The molecular formula is C48H30N2O. The van der Waals surface area contributed by atoms with Gasteiger partial charge in [0.15, 0.2) is 0 Å². The van der Waals surface area contributed by atoms with Gasteiger partial charge >= 0.3 is 0 Å². The number of furan rings is 1. The van der Waals surface area contributed by atoms with Crippen molar-refractivity contribution >= 4 is 65.6 Å². The molecular weight excluding hydrogens is 621 g/mol. The first-order valence-corrected chi connectivity index (χ1v) is 17.4. The van der Waals surface area contributed by atoms with E-state index in [2.05, 4.69) is 185 Å². The first-order valence-electron chi connectivity index (χ1n) is 17.4. The zero-order valence-corrected chi connectivity index (χ0v) is 27.6. The molecule has 0 saturated heterocycles. The number of benzene rings is 8. The van der Waals surface area contributed by atoms with Gasteiger partial charge in [-0.05, 0) is 89.0 Å². The Bertz CT molecular complexity index is 3110. The Kier molecular flexibility index (Phi) is 5.96. The van der Waals surface area contributed by atoms with Crippen molar-refractivity contribution in [1.29, 1.82) is 0 Å². The quantitative estimate of drug-likeness (QED) is 0.186. The Morgan fingerprint density at radius 3 is 1.43 bits per heavy atom. The maximum absolute atomic E-state index is 6.46. The summed E-state index contributed by atoms with van der Waals surface area (Å²) in [5.74, 6) is 0. The summed E-state index contributed by atoms with van der Waals surface area (Å²) in [6, 6.07) is 65.6. The molecule has 0 atom stereocenters. The van der Waals surface area contributed by atoms with Crippen molar-refractivity contribution in [3.8, 4) is 33.6 Å². The fourth-order valence-electron chi connectivity index (χ4n) is 8.14. The molecule has 0 aliphatic heterocycles. The molecule has 11 aromatic rings. The van der Waals surface area contributed by atoms with Crippen LogP contribution in [-0.2, 0) is 0 Å². The normalized spacial score (nSPS) is 11.9. The van der Waals surface area contributed by atoms with Crippen LogP contribution in [-0.4, -0.2) is 9.13 Å². The average Bonchev–Trinajstić information content (AvgIpc) is 3.84. The molecule has 0 unspecified atom stereocenters. The predicted molar refractivity (Wildman–Crippen MR) is 213 cm³/mol. The third-order valence-corrected chi connectivity index (χ3v) is 10.5. The third kappa shape index (κ3) is 4.25. The average molecular weight is 651 g/mol. The number of nitrogens with zero attached hydrogens (tertiary/aromatic N) is 2. The van der Waals surface area contributed by atoms with Gasteiger partial charge in [0.25, 0.3) is 0 Å². The molecule has 0 fully saturated rings. The monoisotopic (exact) mass is 650 g/mol. The van der Waals surface area contributed by atoms with E-state index in [-0.39, 0.29) is 0 Å². The van der Waals surface area contributed by atoms with Crippen molar-refractivity contribution in [2.75, 3.05) is 0 Å². The van der Waals surface area contributed by atoms with Gasteiger partial charge in [0.05, 0.1) is 22.1 Å². The standard InChI is InChI=1S/C48H30N2O/c1-4-12-31(13-5-1)33-20-23-43-38(26-33)40-28-36(22-25-45(40)49(43)35-16-8-3-9-17-35)50-44-24-21-34(32-14-6-2-7-15-32)27-39(44)41-29-42-37-18-10-11-19-47(37)51-48(42)30-46(41)50/h1-30H. The van der Waals surface area contributed by atoms with Crippen molar-refractivity contribution < 1.29 is 4.42 Å². The van der Waals surface area contributed by atoms with Crippen LogP contribution in [0.3, 0.4) is 0 Å². The molecule has 0 spiro atoms. The Balaban J connectivity index is 1.22. The highest BCUT2D eigenvalue weighted by Crippen LogP contribution is 2.41. The molecule has 0 aliphatic rings. The Morgan fingerprint density at radius 1 is 0.275 bits per heavy atom. The summed E-state index contributed by atoms with van der Waals surface area (Å²) in [4.78, 5) is 0. The highest BCUT2D eigenvalue weighted by molar-refractivity contribution is 6.18. The lowest BCUT2D eigenvalue weighted by Gasteiger charge is -2.10. The highest BCUT2D eigenvalue weighted by atomic mass is 16.3. The van der Waals surface area contributed by atoms with Gasteiger partial charge in [-0.25, -0.2) is 0 Å². The number of fused-ring (bicyclic) bond motifs is 9. The molecule has 0 saturated carbocycles. The SMILES string of the molecule is c1ccc(-c2ccc3c(c2)c2cc(-n4c5ccc(-c6ccccc6)cc5c5cc6c(cc54)oc4ccccc46)ccc2n3-c2ccccc2)cc1. The molecule has 11 rings (SSSR count). The summed E-state index contributed by atoms with van der Waals surface area (Å²) in [6.45, 7) is 0. The number of hydrogen-bond donors (Lipinski definition) is 0. The van der Waals surface area contributed by atoms with E-state index < -0.39 is 0 Å². The number of aromatic nitrogens is 2. The summed E-state index contributed by atoms with van der Waals surface area (Å²) in [6.07, 6.45) is 0. The minimum absolute atomic E-state index is 0.894. The Hall–Kier alpha value is -6.84. The second-order valence-corrected chi connectivity index (χ2v) is 13.4. The molecule has 3 heterocycles. The molecule has 8 aromatic carbocycles. The Labute approximate surface area is 293 Å². The second kappa shape index (κ2) is 10.8. The molecule has 0 radical (unpaired) electrons. The summed E-state index contributed by atoms with van der Waals surface area (Å²) in [7, 11) is 0. The largest absolute Gasteiger partial charge is 0.456 e. The maximum Gasteiger partial charge on any atom is 0.137 e. The molecule has 51 heavy (non-hydrogen) atoms. The molecule has 0 N–H and O–H groups in total. The lowest BCUT2D eigenvalue weighted by atomic mass is 10.0. The van der Waals surface area contributed by atoms with Crippen LogP contribution in [0.4, 0.5) is 0 Å². The van der Waals surface area contributed by atoms with E-state index in [1.165, 1.54) is 54.8 Å². The van der Waals surface area contributed by atoms with Crippen molar-refractivity contribution in [3.05, 3.63) is 182 Å². The van der Waals surface area contributed by atoms with Crippen molar-refractivity contribution in [2.45, 2.75) is 0 Å². The van der Waals surface area contributed by atoms with E-state index in [9.17, 15) is 0 Å². The fourth-order valence-corrected chi connectivity index (χ4v) is 8.14. The summed E-state index contributed by atoms with van der Waals surface area (Å²) in [5.41, 5.74) is 13.5. The van der Waals surface area contributed by atoms with Gasteiger partial charge in [0.1, 0.15) is 11.2 Å². The van der Waals surface area contributed by atoms with E-state index in [1.807, 2.05) is 6.07 Å². The van der Waals surface area contributed by atoms with Crippen LogP contribution in [0.5, 0.6) is 0 Å². The second-order valence-electron chi connectivity index (χ2n) is 13.4. The zero-order valence-electron chi connectivity index (χ0n) is 27.6. The molecule has 0 amide bonds. The van der Waals surface area contributed by atoms with Gasteiger partial charge in [-0.1, -0.05) is 109 Å². The van der Waals surface area contributed by atoms with Crippen LogP contribution in [0.1, 0.15) is 0 Å². The maximum atomic E-state index is 6.46. The van der Waals surface area contributed by atoms with Crippen LogP contribution in [0, 0.1) is 0 Å². The number of para-hydroxylation sites is 2. The lowest BCUT2D eigenvalue weighted by Crippen LogP contribution is -1.95. The molecule has 3 nitrogen and oxygen atoms in total. The zero-order chi connectivity index (χ0) is 33.5. The van der Waals surface area contributed by atoms with Gasteiger partial charge < -0.3 is 13.6 Å². The topological polar surface area (TPSA) is 23.0 Å². The number of rotatable bonds is 4. The van der Waals surface area contributed by atoms with E-state index in [1.54, 1.807) is 0 Å². The van der Waals surface area contributed by atoms with E-state index >= 15 is 0 Å². The van der Waals surface area contributed by atoms with Gasteiger partial charge in [-0.2, -0.15) is 0 Å². The minimum Gasteiger partial charge on any atom is -0.456 e. The van der Waals surface area contributed by atoms with E-state index in [4.69, 9.17) is 4.42 Å². The van der Waals surface area contributed by atoms with E-state index in [0.29, 0.717) is 0 Å². The van der Waals surface area contributed by atoms with Crippen molar-refractivity contribution in [2.24, 2.45) is 0 Å². The van der Waals surface area contributed by atoms with Crippen LogP contribution >= 0.6 is 0 Å². The lowest BCUT2D eigenvalue weighted by molar-refractivity contribution is 0.669. The van der Waals surface area contributed by atoms with Gasteiger partial charge in [0, 0.05) is 49.8 Å². The minimum atomic E-state index is 0.894. The van der Waals surface area contributed by atoms with Gasteiger partial charge in [-0.15, -0.1) is 0 Å². The summed E-state index contributed by atoms with van der Waals surface area (Å²) >= 11 is 0. The predicted octanol–water partition coefficient (Wildman–Crippen LogP) is 13.1. The third-order valence-electron chi connectivity index (χ3n) is 10.5. The van der Waals surface area contributed by atoms with Crippen LogP contribution in [0.2, 0.25) is 0 Å². The van der Waals surface area contributed by atoms with Crippen molar-refractivity contribution in [1.82, 2.24) is 9.13 Å². The van der Waals surface area contributed by atoms with Gasteiger partial charge in [0.2, 0.25) is 0 Å². The number of hydrogen-bond acceptors (Lipinski definition) is 1. The fraction of sp³-hybridized carbons (Fsp3) is 0. The van der Waals surface area contributed by atoms with Crippen LogP contribution in [0.15, 0.2) is 186 Å². The molecule has 0 bridgehead atoms. The molecule has 238 valence electrons. The molecule has 3 heteroatoms. The molecule has 3 aromatic heterocycles. The first kappa shape index (κ1) is 28.0.